The van der Waals surface area contributed by atoms with E-state index in [-0.39, 0.29) is 11.5 Å². The molecule has 0 unspecified atom stereocenters. The monoisotopic (exact) mass is 472 g/mol. The van der Waals surface area contributed by atoms with Crippen LogP contribution in [0.25, 0.3) is 5.52 Å². The Kier molecular flexibility index (Phi) is 6.52. The van der Waals surface area contributed by atoms with Gasteiger partial charge in [0.25, 0.3) is 11.5 Å². The molecule has 1 aliphatic rings. The number of ether oxygens (including phenoxy) is 2. The number of benzene rings is 2. The van der Waals surface area contributed by atoms with Crippen LogP contribution in [0.5, 0.6) is 11.5 Å². The van der Waals surface area contributed by atoms with E-state index >= 15 is 0 Å². The van der Waals surface area contributed by atoms with Crippen molar-refractivity contribution in [3.8, 4) is 11.5 Å². The van der Waals surface area contributed by atoms with Gasteiger partial charge in [-0.25, -0.2) is 4.52 Å². The molecule has 0 atom stereocenters. The minimum Gasteiger partial charge on any atom is -0.493 e. The van der Waals surface area contributed by atoms with Crippen LogP contribution in [0, 0.1) is 0 Å². The van der Waals surface area contributed by atoms with Crippen molar-refractivity contribution in [3.63, 3.8) is 0 Å². The Labute approximate surface area is 203 Å². The third-order valence-corrected chi connectivity index (χ3v) is 6.32. The first-order chi connectivity index (χ1) is 17.1. The summed E-state index contributed by atoms with van der Waals surface area (Å²) in [6.07, 6.45) is 7.69. The second-order valence-electron chi connectivity index (χ2n) is 8.61. The Balaban J connectivity index is 1.20. The van der Waals surface area contributed by atoms with Crippen LogP contribution < -0.4 is 20.3 Å². The maximum Gasteiger partial charge on any atom is 0.277 e. The van der Waals surface area contributed by atoms with Gasteiger partial charge in [-0.15, -0.1) is 0 Å². The van der Waals surface area contributed by atoms with E-state index in [1.807, 2.05) is 42.6 Å². The Bertz CT molecular complexity index is 1410. The molecule has 4 aromatic rings. The second-order valence-corrected chi connectivity index (χ2v) is 8.61. The summed E-state index contributed by atoms with van der Waals surface area (Å²) in [7, 11) is 1.59. The Hall–Kier alpha value is -4.07. The number of carbonyl (C=O) groups is 1. The standard InChI is InChI=1S/C27H28N4O4/c1-34-23-8-4-5-9-24(23)35-17-14-28-26(32)20-12-10-19(11-13-20)18-30-15-16-31-25(27(30)33)21-6-2-3-7-22(21)29-31/h4-5,8-13,15-16H,2-3,6-7,14,17-18H2,1H3,(H,28,32). The van der Waals surface area contributed by atoms with Gasteiger partial charge in [-0.1, -0.05) is 24.3 Å². The quantitative estimate of drug-likeness (QED) is 0.398. The number of para-hydroxylation sites is 2. The Morgan fingerprint density at radius 3 is 2.60 bits per heavy atom. The lowest BCUT2D eigenvalue weighted by atomic mass is 9.97. The molecule has 8 heteroatoms. The molecule has 0 bridgehead atoms. The zero-order valence-electron chi connectivity index (χ0n) is 19.7. The van der Waals surface area contributed by atoms with Crippen LogP contribution in [0.4, 0.5) is 0 Å². The third kappa shape index (κ3) is 4.77. The fraction of sp³-hybridized carbons (Fsp3) is 0.296. The van der Waals surface area contributed by atoms with E-state index in [0.29, 0.717) is 42.3 Å². The fourth-order valence-electron chi connectivity index (χ4n) is 4.50. The minimum atomic E-state index is -0.176. The van der Waals surface area contributed by atoms with Gasteiger partial charge in [0.15, 0.2) is 11.5 Å². The largest absolute Gasteiger partial charge is 0.493 e. The highest BCUT2D eigenvalue weighted by molar-refractivity contribution is 5.94. The van der Waals surface area contributed by atoms with Crippen molar-refractivity contribution in [1.29, 1.82) is 0 Å². The van der Waals surface area contributed by atoms with E-state index in [2.05, 4.69) is 10.4 Å². The molecule has 8 nitrogen and oxygen atoms in total. The number of carbonyl (C=O) groups excluding carboxylic acids is 1. The third-order valence-electron chi connectivity index (χ3n) is 6.32. The molecule has 1 N–H and O–H groups in total. The summed E-state index contributed by atoms with van der Waals surface area (Å²) >= 11 is 0. The number of rotatable bonds is 8. The average molecular weight is 473 g/mol. The van der Waals surface area contributed by atoms with Gasteiger partial charge in [-0.05, 0) is 55.5 Å². The van der Waals surface area contributed by atoms with Crippen LogP contribution in [0.3, 0.4) is 0 Å². The summed E-state index contributed by atoms with van der Waals surface area (Å²) in [6, 6.07) is 14.7. The van der Waals surface area contributed by atoms with Crippen LogP contribution in [-0.2, 0) is 19.4 Å². The molecule has 0 spiro atoms. The second kappa shape index (κ2) is 10.0. The van der Waals surface area contributed by atoms with Crippen LogP contribution in [0.15, 0.2) is 65.7 Å². The molecule has 180 valence electrons. The van der Waals surface area contributed by atoms with Crippen molar-refractivity contribution in [2.45, 2.75) is 32.2 Å². The molecule has 0 fully saturated rings. The van der Waals surface area contributed by atoms with E-state index in [9.17, 15) is 9.59 Å². The summed E-state index contributed by atoms with van der Waals surface area (Å²) in [6.45, 7) is 1.13. The van der Waals surface area contributed by atoms with Gasteiger partial charge in [0.2, 0.25) is 0 Å². The zero-order valence-corrected chi connectivity index (χ0v) is 19.7. The van der Waals surface area contributed by atoms with Crippen molar-refractivity contribution in [2.24, 2.45) is 0 Å². The van der Waals surface area contributed by atoms with Gasteiger partial charge in [0.05, 0.1) is 25.9 Å². The molecule has 2 heterocycles. The predicted molar refractivity (Wildman–Crippen MR) is 132 cm³/mol. The van der Waals surface area contributed by atoms with E-state index < -0.39 is 0 Å². The summed E-state index contributed by atoms with van der Waals surface area (Å²) in [5.41, 5.74) is 4.31. The lowest BCUT2D eigenvalue weighted by molar-refractivity contribution is 0.0947. The number of hydrogen-bond acceptors (Lipinski definition) is 5. The number of hydrogen-bond donors (Lipinski definition) is 1. The van der Waals surface area contributed by atoms with Gasteiger partial charge >= 0.3 is 0 Å². The van der Waals surface area contributed by atoms with E-state index in [0.717, 1.165) is 42.5 Å². The molecule has 5 rings (SSSR count). The van der Waals surface area contributed by atoms with Crippen LogP contribution in [-0.4, -0.2) is 40.3 Å². The SMILES string of the molecule is COc1ccccc1OCCNC(=O)c1ccc(Cn2ccn3nc4c(c3c2=O)CCCC4)cc1. The van der Waals surface area contributed by atoms with Crippen LogP contribution >= 0.6 is 0 Å². The first-order valence-corrected chi connectivity index (χ1v) is 11.9. The number of fused-ring (bicyclic) bond motifs is 3. The van der Waals surface area contributed by atoms with Crippen LogP contribution in [0.2, 0.25) is 0 Å². The Morgan fingerprint density at radius 2 is 1.80 bits per heavy atom. The maximum absolute atomic E-state index is 13.1. The fourth-order valence-corrected chi connectivity index (χ4v) is 4.50. The highest BCUT2D eigenvalue weighted by atomic mass is 16.5. The predicted octanol–water partition coefficient (Wildman–Crippen LogP) is 3.24. The van der Waals surface area contributed by atoms with Crippen molar-refractivity contribution in [2.75, 3.05) is 20.3 Å². The first-order valence-electron chi connectivity index (χ1n) is 11.9. The minimum absolute atomic E-state index is 0.0278. The molecular weight excluding hydrogens is 444 g/mol. The lowest BCUT2D eigenvalue weighted by Gasteiger charge is -2.11. The number of methoxy groups -OCH3 is 1. The molecule has 2 aromatic heterocycles. The average Bonchev–Trinajstić information content (AvgIpc) is 3.28. The first kappa shape index (κ1) is 22.7. The molecule has 0 aliphatic heterocycles. The Morgan fingerprint density at radius 1 is 1.03 bits per heavy atom. The summed E-state index contributed by atoms with van der Waals surface area (Å²) in [4.78, 5) is 25.6. The van der Waals surface area contributed by atoms with Crippen molar-refractivity contribution < 1.29 is 14.3 Å². The van der Waals surface area contributed by atoms with Crippen LogP contribution in [0.1, 0.15) is 40.0 Å². The van der Waals surface area contributed by atoms with E-state index in [1.54, 1.807) is 34.5 Å². The summed E-state index contributed by atoms with van der Waals surface area (Å²) in [5.74, 6) is 1.11. The summed E-state index contributed by atoms with van der Waals surface area (Å²) < 4.78 is 14.4. The molecular formula is C27H28N4O4. The number of aromatic nitrogens is 3. The zero-order chi connectivity index (χ0) is 24.2. The van der Waals surface area contributed by atoms with Crippen molar-refractivity contribution >= 4 is 11.4 Å². The number of nitrogens with one attached hydrogen (secondary N) is 1. The molecule has 1 aliphatic carbocycles. The molecule has 0 saturated carbocycles. The molecule has 0 saturated heterocycles. The molecule has 2 aromatic carbocycles. The van der Waals surface area contributed by atoms with Crippen molar-refractivity contribution in [3.05, 3.63) is 93.7 Å². The number of amides is 1. The number of aryl methyl sites for hydroxylation is 2. The molecule has 35 heavy (non-hydrogen) atoms. The highest BCUT2D eigenvalue weighted by Gasteiger charge is 2.19. The number of nitrogens with zero attached hydrogens (tertiary/aromatic N) is 3. The smallest absolute Gasteiger partial charge is 0.277 e. The topological polar surface area (TPSA) is 86.9 Å². The van der Waals surface area contributed by atoms with E-state index in [1.165, 1.54) is 0 Å². The van der Waals surface area contributed by atoms with Gasteiger partial charge in [-0.3, -0.25) is 9.59 Å². The normalized spacial score (nSPS) is 12.8. The summed E-state index contributed by atoms with van der Waals surface area (Å²) in [5, 5.41) is 7.45. The highest BCUT2D eigenvalue weighted by Crippen LogP contribution is 2.25. The van der Waals surface area contributed by atoms with Gasteiger partial charge in [-0.2, -0.15) is 5.10 Å². The maximum atomic E-state index is 13.1. The van der Waals surface area contributed by atoms with Gasteiger partial charge in [0, 0.05) is 23.5 Å². The van der Waals surface area contributed by atoms with Gasteiger partial charge in [0.1, 0.15) is 12.1 Å². The lowest BCUT2D eigenvalue weighted by Crippen LogP contribution is -2.28. The van der Waals surface area contributed by atoms with Gasteiger partial charge < -0.3 is 19.4 Å². The van der Waals surface area contributed by atoms with E-state index in [4.69, 9.17) is 9.47 Å². The molecule has 1 amide bonds. The van der Waals surface area contributed by atoms with Crippen molar-refractivity contribution in [1.82, 2.24) is 19.5 Å². The molecule has 0 radical (unpaired) electrons.